The third-order valence-electron chi connectivity index (χ3n) is 6.54. The molecular weight excluding hydrogens is 575 g/mol. The molecule has 0 saturated carbocycles. The molecule has 1 heterocycles. The third kappa shape index (κ3) is 6.46. The summed E-state index contributed by atoms with van der Waals surface area (Å²) in [4.78, 5) is 12.9. The Bertz CT molecular complexity index is 1710. The molecule has 4 aromatic carbocycles. The number of nitriles is 1. The van der Waals surface area contributed by atoms with Gasteiger partial charge in [-0.2, -0.15) is 5.26 Å². The van der Waals surface area contributed by atoms with Crippen LogP contribution >= 0.6 is 23.2 Å². The van der Waals surface area contributed by atoms with Crippen molar-refractivity contribution in [2.45, 2.75) is 25.9 Å². The summed E-state index contributed by atoms with van der Waals surface area (Å²) in [7, 11) is 0. The Kier molecular flexibility index (Phi) is 8.87. The number of allylic oxidation sites excluding steroid dienone is 1. The molecule has 4 aromatic rings. The minimum Gasteiger partial charge on any atom is -0.494 e. The van der Waals surface area contributed by atoms with Crippen molar-refractivity contribution < 1.29 is 23.7 Å². The highest BCUT2D eigenvalue weighted by Crippen LogP contribution is 2.44. The van der Waals surface area contributed by atoms with Crippen molar-refractivity contribution in [3.05, 3.63) is 129 Å². The average Bonchev–Trinajstić information content (AvgIpc) is 2.99. The minimum atomic E-state index is -0.545. The van der Waals surface area contributed by atoms with Crippen LogP contribution in [0.15, 0.2) is 96.4 Å². The molecule has 9 heteroatoms. The van der Waals surface area contributed by atoms with E-state index >= 15 is 0 Å². The van der Waals surface area contributed by atoms with E-state index in [0.29, 0.717) is 45.0 Å². The van der Waals surface area contributed by atoms with E-state index < -0.39 is 11.9 Å². The van der Waals surface area contributed by atoms with Gasteiger partial charge >= 0.3 is 5.97 Å². The Hall–Kier alpha value is -4.64. The first-order chi connectivity index (χ1) is 20.4. The molecule has 0 radical (unpaired) electrons. The van der Waals surface area contributed by atoms with Crippen LogP contribution in [0.2, 0.25) is 10.0 Å². The van der Waals surface area contributed by atoms with Crippen molar-refractivity contribution in [1.82, 2.24) is 0 Å². The molecule has 7 nitrogen and oxygen atoms in total. The van der Waals surface area contributed by atoms with Crippen LogP contribution in [-0.4, -0.2) is 12.6 Å². The number of carbonyl (C=O) groups excluding carboxylic acids is 1. The Morgan fingerprint density at radius 2 is 1.74 bits per heavy atom. The topological polar surface area (TPSA) is 104 Å². The van der Waals surface area contributed by atoms with Crippen molar-refractivity contribution in [2.24, 2.45) is 5.73 Å². The van der Waals surface area contributed by atoms with Gasteiger partial charge in [-0.3, -0.25) is 0 Å². The van der Waals surface area contributed by atoms with Gasteiger partial charge in [0.25, 0.3) is 0 Å². The lowest BCUT2D eigenvalue weighted by molar-refractivity contribution is 0.0734. The molecule has 1 unspecified atom stereocenters. The van der Waals surface area contributed by atoms with Gasteiger partial charge in [0.15, 0.2) is 0 Å². The van der Waals surface area contributed by atoms with Crippen LogP contribution in [0.1, 0.15) is 46.3 Å². The highest BCUT2D eigenvalue weighted by molar-refractivity contribution is 6.35. The van der Waals surface area contributed by atoms with Gasteiger partial charge in [-0.15, -0.1) is 0 Å². The number of hydrogen-bond donors (Lipinski definition) is 1. The number of nitrogens with zero attached hydrogens (tertiary/aromatic N) is 1. The first-order valence-electron chi connectivity index (χ1n) is 13.2. The van der Waals surface area contributed by atoms with E-state index in [1.807, 2.05) is 37.3 Å². The Morgan fingerprint density at radius 1 is 0.952 bits per heavy atom. The van der Waals surface area contributed by atoms with Gasteiger partial charge in [-0.25, -0.2) is 4.79 Å². The van der Waals surface area contributed by atoms with E-state index in [1.165, 1.54) is 0 Å². The van der Waals surface area contributed by atoms with Gasteiger partial charge in [0.05, 0.1) is 18.1 Å². The predicted octanol–water partition coefficient (Wildman–Crippen LogP) is 7.80. The number of fused-ring (bicyclic) bond motifs is 1. The van der Waals surface area contributed by atoms with E-state index in [4.69, 9.17) is 47.9 Å². The zero-order chi connectivity index (χ0) is 29.6. The second-order valence-corrected chi connectivity index (χ2v) is 10.3. The van der Waals surface area contributed by atoms with E-state index in [2.05, 4.69) is 6.07 Å². The average molecular weight is 601 g/mol. The summed E-state index contributed by atoms with van der Waals surface area (Å²) < 4.78 is 23.1. The zero-order valence-electron chi connectivity index (χ0n) is 22.6. The van der Waals surface area contributed by atoms with E-state index in [9.17, 15) is 10.1 Å². The summed E-state index contributed by atoms with van der Waals surface area (Å²) in [6.45, 7) is 2.79. The SMILES string of the molecule is CCCOc1cccc(C(=O)Oc2ccc3c(c2)OC(N)=C(C#N)C3c2cccc(OCc3ccc(Cl)cc3Cl)c2)c1. The third-order valence-corrected chi connectivity index (χ3v) is 7.13. The lowest BCUT2D eigenvalue weighted by atomic mass is 9.83. The summed E-state index contributed by atoms with van der Waals surface area (Å²) in [5.74, 6) is 0.710. The fourth-order valence-corrected chi connectivity index (χ4v) is 4.99. The van der Waals surface area contributed by atoms with Crippen molar-refractivity contribution in [3.8, 4) is 29.1 Å². The van der Waals surface area contributed by atoms with Gasteiger partial charge in [0, 0.05) is 27.2 Å². The number of carbonyl (C=O) groups is 1. The van der Waals surface area contributed by atoms with Crippen LogP contribution in [-0.2, 0) is 6.61 Å². The standard InChI is InChI=1S/C33H26Cl2N2O5/c1-2-13-39-24-7-4-6-21(15-24)33(38)41-26-11-12-27-30(17-26)42-32(37)28(18-36)31(27)20-5-3-8-25(14-20)40-19-22-9-10-23(34)16-29(22)35/h3-12,14-17,31H,2,13,19,37H2,1H3. The summed E-state index contributed by atoms with van der Waals surface area (Å²) in [5, 5.41) is 11.0. The van der Waals surface area contributed by atoms with Gasteiger partial charge < -0.3 is 24.7 Å². The molecule has 0 spiro atoms. The summed E-state index contributed by atoms with van der Waals surface area (Å²) in [6, 6.07) is 26.6. The fraction of sp³-hybridized carbons (Fsp3) is 0.152. The Labute approximate surface area is 253 Å². The van der Waals surface area contributed by atoms with Crippen LogP contribution in [0.25, 0.3) is 0 Å². The summed E-state index contributed by atoms with van der Waals surface area (Å²) >= 11 is 12.3. The van der Waals surface area contributed by atoms with E-state index in [1.54, 1.807) is 54.6 Å². The number of rotatable bonds is 9. The second-order valence-electron chi connectivity index (χ2n) is 9.49. The second kappa shape index (κ2) is 12.9. The lowest BCUT2D eigenvalue weighted by Gasteiger charge is -2.27. The van der Waals surface area contributed by atoms with Gasteiger partial charge in [-0.05, 0) is 60.5 Å². The van der Waals surface area contributed by atoms with Crippen LogP contribution in [0, 0.1) is 11.3 Å². The fourth-order valence-electron chi connectivity index (χ4n) is 4.52. The highest BCUT2D eigenvalue weighted by atomic mass is 35.5. The normalized spacial score (nSPS) is 13.9. The van der Waals surface area contributed by atoms with Crippen molar-refractivity contribution in [2.75, 3.05) is 6.61 Å². The van der Waals surface area contributed by atoms with Gasteiger partial charge in [0.2, 0.25) is 5.88 Å². The first-order valence-corrected chi connectivity index (χ1v) is 13.9. The predicted molar refractivity (Wildman–Crippen MR) is 160 cm³/mol. The van der Waals surface area contributed by atoms with Gasteiger partial charge in [-0.1, -0.05) is 60.5 Å². The Balaban J connectivity index is 1.38. The highest BCUT2D eigenvalue weighted by Gasteiger charge is 2.31. The number of ether oxygens (including phenoxy) is 4. The van der Waals surface area contributed by atoms with Crippen molar-refractivity contribution in [3.63, 3.8) is 0 Å². The quantitative estimate of drug-likeness (QED) is 0.154. The molecule has 1 aliphatic rings. The molecule has 1 atom stereocenters. The molecule has 42 heavy (non-hydrogen) atoms. The number of nitrogens with two attached hydrogens (primary N) is 1. The van der Waals surface area contributed by atoms with Gasteiger partial charge in [0.1, 0.15) is 41.2 Å². The summed E-state index contributed by atoms with van der Waals surface area (Å²) in [5.41, 5.74) is 9.04. The molecule has 0 aromatic heterocycles. The number of halogens is 2. The van der Waals surface area contributed by atoms with Crippen LogP contribution in [0.3, 0.4) is 0 Å². The molecule has 5 rings (SSSR count). The number of esters is 1. The zero-order valence-corrected chi connectivity index (χ0v) is 24.1. The van der Waals surface area contributed by atoms with Crippen molar-refractivity contribution in [1.29, 1.82) is 5.26 Å². The molecule has 0 amide bonds. The molecule has 0 bridgehead atoms. The van der Waals surface area contributed by atoms with Crippen LogP contribution in [0.4, 0.5) is 0 Å². The minimum absolute atomic E-state index is 0.0291. The lowest BCUT2D eigenvalue weighted by Crippen LogP contribution is -2.21. The summed E-state index contributed by atoms with van der Waals surface area (Å²) in [6.07, 6.45) is 0.853. The van der Waals surface area contributed by atoms with Crippen molar-refractivity contribution >= 4 is 29.2 Å². The number of hydrogen-bond acceptors (Lipinski definition) is 7. The maximum Gasteiger partial charge on any atom is 0.343 e. The monoisotopic (exact) mass is 600 g/mol. The molecule has 2 N–H and O–H groups in total. The van der Waals surface area contributed by atoms with E-state index in [-0.39, 0.29) is 23.8 Å². The maximum atomic E-state index is 12.9. The largest absolute Gasteiger partial charge is 0.494 e. The molecule has 0 aliphatic carbocycles. The van der Waals surface area contributed by atoms with Crippen LogP contribution in [0.5, 0.6) is 23.0 Å². The smallest absolute Gasteiger partial charge is 0.343 e. The van der Waals surface area contributed by atoms with E-state index in [0.717, 1.165) is 17.5 Å². The van der Waals surface area contributed by atoms with Crippen LogP contribution < -0.4 is 24.7 Å². The Morgan fingerprint density at radius 3 is 2.50 bits per heavy atom. The maximum absolute atomic E-state index is 12.9. The molecule has 212 valence electrons. The first kappa shape index (κ1) is 28.9. The molecule has 0 saturated heterocycles. The molecule has 1 aliphatic heterocycles. The molecular formula is C33H26Cl2N2O5. The molecule has 0 fully saturated rings. The number of benzene rings is 4.